The molecule has 0 fully saturated rings. The van der Waals surface area contributed by atoms with Crippen LogP contribution in [0.15, 0.2) is 71.5 Å². The van der Waals surface area contributed by atoms with E-state index in [1.165, 1.54) is 22.8 Å². The van der Waals surface area contributed by atoms with E-state index in [9.17, 15) is 14.0 Å². The van der Waals surface area contributed by atoms with Gasteiger partial charge in [0.15, 0.2) is 0 Å². The van der Waals surface area contributed by atoms with E-state index in [0.29, 0.717) is 34.0 Å². The minimum Gasteiger partial charge on any atom is -0.329 e. The van der Waals surface area contributed by atoms with Gasteiger partial charge in [0.1, 0.15) is 11.6 Å². The summed E-state index contributed by atoms with van der Waals surface area (Å²) in [6.07, 6.45) is 0. The van der Waals surface area contributed by atoms with Crippen molar-refractivity contribution in [1.29, 1.82) is 0 Å². The van der Waals surface area contributed by atoms with Crippen LogP contribution in [0.1, 0.15) is 41.6 Å². The van der Waals surface area contributed by atoms with E-state index in [-0.39, 0.29) is 17.0 Å². The molecule has 33 heavy (non-hydrogen) atoms. The van der Waals surface area contributed by atoms with Gasteiger partial charge >= 0.3 is 0 Å². The van der Waals surface area contributed by atoms with E-state index in [1.54, 1.807) is 29.2 Å². The summed E-state index contributed by atoms with van der Waals surface area (Å²) in [5.41, 5.74) is 2.13. The number of rotatable bonds is 5. The second kappa shape index (κ2) is 9.16. The number of hydrogen-bond donors (Lipinski definition) is 0. The number of aromatic nitrogens is 2. The number of halogens is 2. The molecule has 0 aliphatic rings. The summed E-state index contributed by atoms with van der Waals surface area (Å²) in [6.45, 7) is 5.95. The van der Waals surface area contributed by atoms with Crippen LogP contribution in [-0.2, 0) is 0 Å². The van der Waals surface area contributed by atoms with Gasteiger partial charge in [-0.05, 0) is 69.3 Å². The smallest absolute Gasteiger partial charge is 0.266 e. The number of aryl methyl sites for hydroxylation is 1. The number of benzene rings is 3. The molecule has 0 saturated carbocycles. The molecule has 1 atom stereocenters. The van der Waals surface area contributed by atoms with Gasteiger partial charge in [-0.2, -0.15) is 0 Å². The Morgan fingerprint density at radius 3 is 2.52 bits per heavy atom. The third-order valence-electron chi connectivity index (χ3n) is 5.66. The number of nitrogens with zero attached hydrogens (tertiary/aromatic N) is 3. The highest BCUT2D eigenvalue weighted by Gasteiger charge is 2.27. The van der Waals surface area contributed by atoms with Crippen molar-refractivity contribution in [1.82, 2.24) is 14.5 Å². The minimum atomic E-state index is -0.580. The molecule has 0 radical (unpaired) electrons. The van der Waals surface area contributed by atoms with Crippen molar-refractivity contribution >= 4 is 28.4 Å². The van der Waals surface area contributed by atoms with E-state index < -0.39 is 11.9 Å². The molecule has 0 bridgehead atoms. The number of carbonyl (C=O) groups is 1. The van der Waals surface area contributed by atoms with Gasteiger partial charge in [0.25, 0.3) is 11.5 Å². The average molecular weight is 464 g/mol. The first-order valence-electron chi connectivity index (χ1n) is 10.7. The fourth-order valence-corrected chi connectivity index (χ4v) is 4.09. The first-order chi connectivity index (χ1) is 15.8. The minimum absolute atomic E-state index is 0.233. The van der Waals surface area contributed by atoms with Crippen LogP contribution in [0.5, 0.6) is 0 Å². The summed E-state index contributed by atoms with van der Waals surface area (Å²) in [7, 11) is 0. The third-order valence-corrected chi connectivity index (χ3v) is 5.90. The van der Waals surface area contributed by atoms with Crippen molar-refractivity contribution in [2.75, 3.05) is 6.54 Å². The van der Waals surface area contributed by atoms with Gasteiger partial charge in [-0.15, -0.1) is 0 Å². The Hall–Kier alpha value is -3.51. The molecule has 3 aromatic carbocycles. The molecule has 0 saturated heterocycles. The lowest BCUT2D eigenvalue weighted by atomic mass is 10.1. The molecule has 4 rings (SSSR count). The monoisotopic (exact) mass is 463 g/mol. The van der Waals surface area contributed by atoms with Crippen LogP contribution in [0.3, 0.4) is 0 Å². The summed E-state index contributed by atoms with van der Waals surface area (Å²) in [6, 6.07) is 17.5. The van der Waals surface area contributed by atoms with Crippen molar-refractivity contribution in [3.05, 3.63) is 105 Å². The lowest BCUT2D eigenvalue weighted by Crippen LogP contribution is -2.37. The Kier molecular flexibility index (Phi) is 6.29. The summed E-state index contributed by atoms with van der Waals surface area (Å²) in [5, 5.41) is 0.889. The van der Waals surface area contributed by atoms with Crippen LogP contribution < -0.4 is 5.56 Å². The fraction of sp³-hybridized carbons (Fsp3) is 0.192. The molecule has 1 heterocycles. The molecule has 1 amide bonds. The van der Waals surface area contributed by atoms with Crippen LogP contribution in [0.25, 0.3) is 16.6 Å². The number of hydrogen-bond acceptors (Lipinski definition) is 3. The Morgan fingerprint density at radius 1 is 1.12 bits per heavy atom. The molecule has 0 aliphatic carbocycles. The number of carbonyl (C=O) groups excluding carboxylic acids is 1. The van der Waals surface area contributed by atoms with Gasteiger partial charge in [-0.1, -0.05) is 35.4 Å². The molecule has 7 heteroatoms. The van der Waals surface area contributed by atoms with Gasteiger partial charge in [0.05, 0.1) is 22.6 Å². The quantitative estimate of drug-likeness (QED) is 0.381. The Bertz CT molecular complexity index is 1400. The fourth-order valence-electron chi connectivity index (χ4n) is 3.92. The second-order valence-electron chi connectivity index (χ2n) is 7.89. The molecule has 0 aliphatic heterocycles. The summed E-state index contributed by atoms with van der Waals surface area (Å²) in [5.74, 6) is -0.440. The number of fused-ring (bicyclic) bond motifs is 1. The van der Waals surface area contributed by atoms with Crippen molar-refractivity contribution in [3.8, 4) is 5.69 Å². The molecule has 0 N–H and O–H groups in total. The highest BCUT2D eigenvalue weighted by molar-refractivity contribution is 6.31. The van der Waals surface area contributed by atoms with Crippen LogP contribution in [0.4, 0.5) is 4.39 Å². The lowest BCUT2D eigenvalue weighted by Gasteiger charge is -2.29. The molecular formula is C26H23ClFN3O2. The van der Waals surface area contributed by atoms with Crippen LogP contribution in [-0.4, -0.2) is 26.9 Å². The molecule has 5 nitrogen and oxygen atoms in total. The van der Waals surface area contributed by atoms with E-state index in [2.05, 4.69) is 0 Å². The topological polar surface area (TPSA) is 55.2 Å². The predicted octanol–water partition coefficient (Wildman–Crippen LogP) is 5.71. The maximum Gasteiger partial charge on any atom is 0.266 e. The highest BCUT2D eigenvalue weighted by Crippen LogP contribution is 2.25. The maximum atomic E-state index is 13.8. The zero-order valence-electron chi connectivity index (χ0n) is 18.5. The first kappa shape index (κ1) is 22.7. The lowest BCUT2D eigenvalue weighted by molar-refractivity contribution is 0.0692. The van der Waals surface area contributed by atoms with Crippen molar-refractivity contribution in [2.45, 2.75) is 26.8 Å². The molecule has 1 unspecified atom stereocenters. The van der Waals surface area contributed by atoms with E-state index in [1.807, 2.05) is 45.0 Å². The van der Waals surface area contributed by atoms with E-state index >= 15 is 0 Å². The van der Waals surface area contributed by atoms with Crippen molar-refractivity contribution in [2.24, 2.45) is 0 Å². The molecule has 0 spiro atoms. The molecule has 4 aromatic rings. The van der Waals surface area contributed by atoms with Gasteiger partial charge in [0, 0.05) is 17.1 Å². The Balaban J connectivity index is 1.92. The van der Waals surface area contributed by atoms with Crippen LogP contribution in [0.2, 0.25) is 5.02 Å². The van der Waals surface area contributed by atoms with Crippen molar-refractivity contribution in [3.63, 3.8) is 0 Å². The zero-order chi connectivity index (χ0) is 23.7. The van der Waals surface area contributed by atoms with E-state index in [4.69, 9.17) is 16.6 Å². The number of amides is 1. The average Bonchev–Trinajstić information content (AvgIpc) is 2.80. The summed E-state index contributed by atoms with van der Waals surface area (Å²) in [4.78, 5) is 33.2. The second-order valence-corrected chi connectivity index (χ2v) is 8.32. The van der Waals surface area contributed by atoms with Crippen molar-refractivity contribution < 1.29 is 9.18 Å². The molecule has 168 valence electrons. The Morgan fingerprint density at radius 2 is 1.85 bits per heavy atom. The maximum absolute atomic E-state index is 13.8. The van der Waals surface area contributed by atoms with Gasteiger partial charge in [0.2, 0.25) is 0 Å². The van der Waals surface area contributed by atoms with Crippen LogP contribution in [0, 0.1) is 12.7 Å². The molecule has 1 aromatic heterocycles. The first-order valence-corrected chi connectivity index (χ1v) is 11.0. The third kappa shape index (κ3) is 4.39. The van der Waals surface area contributed by atoms with E-state index in [0.717, 1.165) is 5.56 Å². The van der Waals surface area contributed by atoms with Crippen LogP contribution >= 0.6 is 11.6 Å². The summed E-state index contributed by atoms with van der Waals surface area (Å²) >= 11 is 6.16. The Labute approximate surface area is 196 Å². The highest BCUT2D eigenvalue weighted by atomic mass is 35.5. The normalized spacial score (nSPS) is 12.0. The van der Waals surface area contributed by atoms with Gasteiger partial charge in [-0.3, -0.25) is 14.2 Å². The van der Waals surface area contributed by atoms with Gasteiger partial charge < -0.3 is 4.90 Å². The predicted molar refractivity (Wildman–Crippen MR) is 129 cm³/mol. The summed E-state index contributed by atoms with van der Waals surface area (Å²) < 4.78 is 15.3. The standard InChI is InChI=1S/C26H23ClFN3O2/c1-4-30(25(32)18-6-5-7-20(28)14-18)17(3)24-29-23-15-19(27)10-13-22(23)26(33)31(24)21-11-8-16(2)9-12-21/h5-15,17H,4H2,1-3H3. The van der Waals surface area contributed by atoms with Gasteiger partial charge in [-0.25, -0.2) is 9.37 Å². The SMILES string of the molecule is CCN(C(=O)c1cccc(F)c1)C(C)c1nc2cc(Cl)ccc2c(=O)n1-c1ccc(C)cc1. The molecular weight excluding hydrogens is 441 g/mol. The largest absolute Gasteiger partial charge is 0.329 e. The zero-order valence-corrected chi connectivity index (χ0v) is 19.3.